The van der Waals surface area contributed by atoms with Crippen molar-refractivity contribution in [1.82, 2.24) is 5.32 Å². The van der Waals surface area contributed by atoms with Crippen molar-refractivity contribution in [3.63, 3.8) is 0 Å². The number of amides is 1. The van der Waals surface area contributed by atoms with E-state index in [2.05, 4.69) is 72.0 Å². The van der Waals surface area contributed by atoms with E-state index in [0.717, 1.165) is 63.4 Å². The number of nitrogens with one attached hydrogen (secondary N) is 1. The van der Waals surface area contributed by atoms with Gasteiger partial charge >= 0.3 is 0 Å². The molecular formula is C37H53NO3. The molecule has 9 atom stereocenters. The van der Waals surface area contributed by atoms with Crippen LogP contribution in [0.3, 0.4) is 0 Å². The number of fused-ring (bicyclic) bond motifs is 7. The molecule has 0 unspecified atom stereocenters. The fourth-order valence-corrected chi connectivity index (χ4v) is 11.4. The summed E-state index contributed by atoms with van der Waals surface area (Å²) in [5.74, 6) is 1.06. The number of aliphatic hydroxyl groups excluding tert-OH is 1. The van der Waals surface area contributed by atoms with Crippen LogP contribution in [0.5, 0.6) is 0 Å². The zero-order valence-corrected chi connectivity index (χ0v) is 26.6. The number of carbonyl (C=O) groups excluding carboxylic acids is 2. The largest absolute Gasteiger partial charge is 0.393 e. The van der Waals surface area contributed by atoms with Crippen LogP contribution in [0.1, 0.15) is 112 Å². The van der Waals surface area contributed by atoms with Gasteiger partial charge in [0.05, 0.1) is 6.10 Å². The SMILES string of the molecule is CC1(C)[C@@H](O)CC[C@]2(C)[C@H]3C(=O)C=C4[C@@H]5C[C@@](C)(C(=O)NCc6ccccc6)CC[C@]5(C)CC[C@@]4(C)[C@]3(C)CC[C@@H]12. The summed E-state index contributed by atoms with van der Waals surface area (Å²) < 4.78 is 0. The second-order valence-corrected chi connectivity index (χ2v) is 16.8. The summed E-state index contributed by atoms with van der Waals surface area (Å²) in [5, 5.41) is 14.2. The number of allylic oxidation sites excluding steroid dienone is 2. The predicted molar refractivity (Wildman–Crippen MR) is 164 cm³/mol. The molecule has 224 valence electrons. The van der Waals surface area contributed by atoms with Crippen molar-refractivity contribution in [2.45, 2.75) is 119 Å². The van der Waals surface area contributed by atoms with Gasteiger partial charge in [-0.1, -0.05) is 84.4 Å². The normalized spacial score (nSPS) is 46.7. The van der Waals surface area contributed by atoms with Gasteiger partial charge in [-0.25, -0.2) is 0 Å². The van der Waals surface area contributed by atoms with Crippen molar-refractivity contribution in [3.05, 3.63) is 47.5 Å². The molecule has 5 aliphatic carbocycles. The quantitative estimate of drug-likeness (QED) is 0.400. The Labute approximate surface area is 248 Å². The number of rotatable bonds is 3. The molecule has 0 spiro atoms. The van der Waals surface area contributed by atoms with Gasteiger partial charge in [-0.3, -0.25) is 9.59 Å². The van der Waals surface area contributed by atoms with E-state index < -0.39 is 5.41 Å². The minimum Gasteiger partial charge on any atom is -0.393 e. The number of hydrogen-bond acceptors (Lipinski definition) is 3. The summed E-state index contributed by atoms with van der Waals surface area (Å²) in [4.78, 5) is 28.2. The Kier molecular flexibility index (Phi) is 6.60. The van der Waals surface area contributed by atoms with Gasteiger partial charge in [0, 0.05) is 17.9 Å². The van der Waals surface area contributed by atoms with Gasteiger partial charge in [-0.2, -0.15) is 0 Å². The molecule has 0 bridgehead atoms. The Balaban J connectivity index is 1.34. The van der Waals surface area contributed by atoms with E-state index in [1.54, 1.807) is 0 Å². The molecule has 1 aromatic rings. The molecule has 0 saturated heterocycles. The first kappa shape index (κ1) is 29.1. The Morgan fingerprint density at radius 1 is 0.902 bits per heavy atom. The van der Waals surface area contributed by atoms with Gasteiger partial charge in [0.15, 0.2) is 5.78 Å². The lowest BCUT2D eigenvalue weighted by atomic mass is 9.33. The van der Waals surface area contributed by atoms with Gasteiger partial charge in [0.1, 0.15) is 0 Å². The molecule has 2 N–H and O–H groups in total. The molecule has 4 saturated carbocycles. The predicted octanol–water partition coefficient (Wildman–Crippen LogP) is 7.64. The Morgan fingerprint density at radius 2 is 1.59 bits per heavy atom. The van der Waals surface area contributed by atoms with Crippen LogP contribution in [0.15, 0.2) is 42.0 Å². The van der Waals surface area contributed by atoms with Gasteiger partial charge in [0.25, 0.3) is 0 Å². The molecule has 4 nitrogen and oxygen atoms in total. The molecule has 0 aliphatic heterocycles. The number of ketones is 1. The Bertz CT molecular complexity index is 1270. The molecule has 4 fully saturated rings. The van der Waals surface area contributed by atoms with Crippen LogP contribution in [-0.2, 0) is 16.1 Å². The molecule has 4 heteroatoms. The third-order valence-corrected chi connectivity index (χ3v) is 14.4. The summed E-state index contributed by atoms with van der Waals surface area (Å²) in [6.45, 7) is 16.9. The van der Waals surface area contributed by atoms with Crippen molar-refractivity contribution < 1.29 is 14.7 Å². The minimum atomic E-state index is -0.438. The van der Waals surface area contributed by atoms with E-state index >= 15 is 0 Å². The first-order valence-corrected chi connectivity index (χ1v) is 16.4. The lowest BCUT2D eigenvalue weighted by Gasteiger charge is -2.70. The van der Waals surface area contributed by atoms with Gasteiger partial charge in [-0.05, 0) is 108 Å². The highest BCUT2D eigenvalue weighted by atomic mass is 16.3. The molecule has 1 amide bonds. The molecule has 41 heavy (non-hydrogen) atoms. The van der Waals surface area contributed by atoms with Crippen LogP contribution in [0, 0.1) is 50.2 Å². The molecule has 0 heterocycles. The molecular weight excluding hydrogens is 506 g/mol. The summed E-state index contributed by atoms with van der Waals surface area (Å²) in [7, 11) is 0. The Morgan fingerprint density at radius 3 is 2.29 bits per heavy atom. The van der Waals surface area contributed by atoms with E-state index in [4.69, 9.17) is 0 Å². The van der Waals surface area contributed by atoms with Crippen molar-refractivity contribution in [2.75, 3.05) is 0 Å². The van der Waals surface area contributed by atoms with E-state index in [1.165, 1.54) is 5.57 Å². The van der Waals surface area contributed by atoms with Crippen LogP contribution < -0.4 is 5.32 Å². The first-order chi connectivity index (χ1) is 19.1. The topological polar surface area (TPSA) is 66.4 Å². The minimum absolute atomic E-state index is 0.0113. The second kappa shape index (κ2) is 9.28. The second-order valence-electron chi connectivity index (χ2n) is 16.8. The van der Waals surface area contributed by atoms with Gasteiger partial charge in [0.2, 0.25) is 5.91 Å². The summed E-state index contributed by atoms with van der Waals surface area (Å²) in [6, 6.07) is 10.2. The summed E-state index contributed by atoms with van der Waals surface area (Å²) >= 11 is 0. The fraction of sp³-hybridized carbons (Fsp3) is 0.730. The van der Waals surface area contributed by atoms with E-state index in [-0.39, 0.29) is 50.9 Å². The average Bonchev–Trinajstić information content (AvgIpc) is 2.92. The monoisotopic (exact) mass is 559 g/mol. The third kappa shape index (κ3) is 4.01. The van der Waals surface area contributed by atoms with Crippen LogP contribution >= 0.6 is 0 Å². The summed E-state index contributed by atoms with van der Waals surface area (Å²) in [5.41, 5.74) is 1.73. The molecule has 0 aromatic heterocycles. The van der Waals surface area contributed by atoms with E-state index in [9.17, 15) is 14.7 Å². The zero-order chi connectivity index (χ0) is 29.6. The number of hydrogen-bond donors (Lipinski definition) is 2. The fourth-order valence-electron chi connectivity index (χ4n) is 11.4. The number of carbonyl (C=O) groups is 2. The summed E-state index contributed by atoms with van der Waals surface area (Å²) in [6.07, 6.45) is 10.6. The lowest BCUT2D eigenvalue weighted by molar-refractivity contribution is -0.202. The van der Waals surface area contributed by atoms with Crippen LogP contribution in [0.2, 0.25) is 0 Å². The molecule has 1 aromatic carbocycles. The van der Waals surface area contributed by atoms with Crippen LogP contribution in [0.25, 0.3) is 0 Å². The maximum atomic E-state index is 14.5. The highest BCUT2D eigenvalue weighted by molar-refractivity contribution is 5.95. The van der Waals surface area contributed by atoms with Crippen molar-refractivity contribution in [1.29, 1.82) is 0 Å². The molecule has 5 aliphatic rings. The van der Waals surface area contributed by atoms with Crippen molar-refractivity contribution >= 4 is 11.7 Å². The highest BCUT2D eigenvalue weighted by Crippen LogP contribution is 2.75. The smallest absolute Gasteiger partial charge is 0.226 e. The average molecular weight is 560 g/mol. The van der Waals surface area contributed by atoms with Crippen molar-refractivity contribution in [2.24, 2.45) is 50.2 Å². The maximum absolute atomic E-state index is 14.5. The zero-order valence-electron chi connectivity index (χ0n) is 26.6. The van der Waals surface area contributed by atoms with E-state index in [1.807, 2.05) is 18.2 Å². The Hall–Kier alpha value is -1.94. The van der Waals surface area contributed by atoms with Gasteiger partial charge < -0.3 is 10.4 Å². The highest BCUT2D eigenvalue weighted by Gasteiger charge is 2.70. The van der Waals surface area contributed by atoms with Gasteiger partial charge in [-0.15, -0.1) is 0 Å². The first-order valence-electron chi connectivity index (χ1n) is 16.4. The van der Waals surface area contributed by atoms with Crippen LogP contribution in [0.4, 0.5) is 0 Å². The maximum Gasteiger partial charge on any atom is 0.226 e. The van der Waals surface area contributed by atoms with Crippen molar-refractivity contribution in [3.8, 4) is 0 Å². The van der Waals surface area contributed by atoms with Crippen LogP contribution in [-0.4, -0.2) is 22.9 Å². The van der Waals surface area contributed by atoms with E-state index in [0.29, 0.717) is 18.2 Å². The third-order valence-electron chi connectivity index (χ3n) is 14.4. The number of aliphatic hydroxyl groups is 1. The lowest BCUT2D eigenvalue weighted by Crippen LogP contribution is -2.66. The molecule has 6 rings (SSSR count). The molecule has 0 radical (unpaired) electrons. The standard InChI is InChI=1S/C37H53NO3/c1-32(2)28-13-16-37(7)30(35(28,5)15-14-29(32)40)27(39)21-25-26-22-34(4,18-17-33(26,3)19-20-36(25,37)6)31(41)38-23-24-11-9-8-10-12-24/h8-12,21,26,28-30,40H,13-20,22-23H2,1-7H3,(H,38,41)/t26-,28-,29-,30+,33+,34-,35-,36+,37+/m0/s1. The number of benzene rings is 1.